The summed E-state index contributed by atoms with van der Waals surface area (Å²) < 4.78 is 42.5. The smallest absolute Gasteiger partial charge is 0.338 e. The van der Waals surface area contributed by atoms with E-state index in [9.17, 15) is 13.2 Å². The summed E-state index contributed by atoms with van der Waals surface area (Å²) in [6.07, 6.45) is 0. The van der Waals surface area contributed by atoms with Crippen LogP contribution in [0.25, 0.3) is 0 Å². The molecule has 9 heteroatoms. The number of hydrogen-bond donors (Lipinski definition) is 0. The molecular formula is C19H20ClNO6S. The van der Waals surface area contributed by atoms with Gasteiger partial charge in [0.15, 0.2) is 0 Å². The van der Waals surface area contributed by atoms with Crippen LogP contribution in [-0.4, -0.2) is 58.2 Å². The number of carbonyl (C=O) groups excluding carboxylic acids is 1. The van der Waals surface area contributed by atoms with Gasteiger partial charge in [-0.25, -0.2) is 13.2 Å². The van der Waals surface area contributed by atoms with Gasteiger partial charge in [0.1, 0.15) is 19.0 Å². The molecule has 0 unspecified atom stereocenters. The molecule has 1 aliphatic heterocycles. The minimum Gasteiger partial charge on any atom is -0.490 e. The molecule has 0 aliphatic carbocycles. The number of hydrogen-bond acceptors (Lipinski definition) is 6. The molecule has 28 heavy (non-hydrogen) atoms. The molecule has 3 rings (SSSR count). The molecule has 0 radical (unpaired) electrons. The van der Waals surface area contributed by atoms with Gasteiger partial charge in [0, 0.05) is 18.1 Å². The second-order valence-electron chi connectivity index (χ2n) is 5.99. The predicted molar refractivity (Wildman–Crippen MR) is 103 cm³/mol. The van der Waals surface area contributed by atoms with E-state index in [-0.39, 0.29) is 36.8 Å². The van der Waals surface area contributed by atoms with E-state index in [2.05, 4.69) is 0 Å². The Morgan fingerprint density at radius 3 is 2.57 bits per heavy atom. The van der Waals surface area contributed by atoms with Gasteiger partial charge in [-0.2, -0.15) is 4.31 Å². The Labute approximate surface area is 168 Å². The summed E-state index contributed by atoms with van der Waals surface area (Å²) in [6.45, 7) is 1.46. The summed E-state index contributed by atoms with van der Waals surface area (Å²) in [5, 5.41) is 0.549. The first kappa shape index (κ1) is 20.6. The van der Waals surface area contributed by atoms with Gasteiger partial charge in [0.05, 0.1) is 23.7 Å². The van der Waals surface area contributed by atoms with Crippen molar-refractivity contribution in [3.63, 3.8) is 0 Å². The topological polar surface area (TPSA) is 82.1 Å². The SMILES string of the molecule is O=C(OCCOc1cccc(Cl)c1)c1cccc(S(=O)(=O)N2CCOCC2)c1. The van der Waals surface area contributed by atoms with Crippen LogP contribution in [0.1, 0.15) is 10.4 Å². The van der Waals surface area contributed by atoms with Crippen LogP contribution < -0.4 is 4.74 Å². The molecule has 0 atom stereocenters. The molecule has 150 valence electrons. The summed E-state index contributed by atoms with van der Waals surface area (Å²) in [6, 6.07) is 12.7. The van der Waals surface area contributed by atoms with Crippen LogP contribution in [0.15, 0.2) is 53.4 Å². The number of benzene rings is 2. The fraction of sp³-hybridized carbons (Fsp3) is 0.316. The lowest BCUT2D eigenvalue weighted by molar-refractivity contribution is 0.0450. The molecule has 7 nitrogen and oxygen atoms in total. The van der Waals surface area contributed by atoms with Crippen LogP contribution in [0, 0.1) is 0 Å². The lowest BCUT2D eigenvalue weighted by atomic mass is 10.2. The summed E-state index contributed by atoms with van der Waals surface area (Å²) in [4.78, 5) is 12.3. The van der Waals surface area contributed by atoms with Crippen LogP contribution >= 0.6 is 11.6 Å². The van der Waals surface area contributed by atoms with E-state index in [0.29, 0.717) is 24.0 Å². The lowest BCUT2D eigenvalue weighted by Crippen LogP contribution is -2.40. The molecule has 1 fully saturated rings. The minimum absolute atomic E-state index is 0.0196. The highest BCUT2D eigenvalue weighted by Crippen LogP contribution is 2.19. The molecule has 0 bridgehead atoms. The molecule has 0 saturated carbocycles. The zero-order valence-corrected chi connectivity index (χ0v) is 16.6. The number of morpholine rings is 1. The van der Waals surface area contributed by atoms with Crippen LogP contribution in [0.4, 0.5) is 0 Å². The molecule has 1 heterocycles. The maximum atomic E-state index is 12.7. The van der Waals surface area contributed by atoms with Crippen LogP contribution in [0.2, 0.25) is 5.02 Å². The average molecular weight is 426 g/mol. The fourth-order valence-electron chi connectivity index (χ4n) is 2.65. The van der Waals surface area contributed by atoms with Crippen molar-refractivity contribution < 1.29 is 27.4 Å². The van der Waals surface area contributed by atoms with Crippen molar-refractivity contribution in [3.05, 3.63) is 59.1 Å². The van der Waals surface area contributed by atoms with E-state index in [4.69, 9.17) is 25.8 Å². The van der Waals surface area contributed by atoms with Crippen molar-refractivity contribution in [2.75, 3.05) is 39.5 Å². The first-order chi connectivity index (χ1) is 13.5. The van der Waals surface area contributed by atoms with Gasteiger partial charge < -0.3 is 14.2 Å². The van der Waals surface area contributed by atoms with Crippen molar-refractivity contribution in [1.82, 2.24) is 4.31 Å². The molecular weight excluding hydrogens is 406 g/mol. The van der Waals surface area contributed by atoms with Crippen molar-refractivity contribution in [1.29, 1.82) is 0 Å². The summed E-state index contributed by atoms with van der Waals surface area (Å²) >= 11 is 5.87. The van der Waals surface area contributed by atoms with E-state index in [0.717, 1.165) is 0 Å². The van der Waals surface area contributed by atoms with Crippen LogP contribution in [0.3, 0.4) is 0 Å². The third-order valence-electron chi connectivity index (χ3n) is 4.06. The van der Waals surface area contributed by atoms with Gasteiger partial charge in [-0.3, -0.25) is 0 Å². The molecule has 2 aromatic rings. The first-order valence-corrected chi connectivity index (χ1v) is 10.5. The van der Waals surface area contributed by atoms with Gasteiger partial charge in [0.2, 0.25) is 10.0 Å². The number of rotatable bonds is 7. The normalized spacial score (nSPS) is 15.2. The molecule has 0 aromatic heterocycles. The highest BCUT2D eigenvalue weighted by atomic mass is 35.5. The van der Waals surface area contributed by atoms with Crippen molar-refractivity contribution in [3.8, 4) is 5.75 Å². The Morgan fingerprint density at radius 1 is 1.07 bits per heavy atom. The summed E-state index contributed by atoms with van der Waals surface area (Å²) in [7, 11) is -3.67. The maximum absolute atomic E-state index is 12.7. The van der Waals surface area contributed by atoms with E-state index >= 15 is 0 Å². The standard InChI is InChI=1S/C19H20ClNO6S/c20-16-4-2-5-17(14-16)26-11-12-27-19(22)15-3-1-6-18(13-15)28(23,24)21-7-9-25-10-8-21/h1-6,13-14H,7-12H2. The minimum atomic E-state index is -3.67. The highest BCUT2D eigenvalue weighted by molar-refractivity contribution is 7.89. The molecule has 0 spiro atoms. The van der Waals surface area contributed by atoms with E-state index in [1.165, 1.54) is 28.6 Å². The quantitative estimate of drug-likeness (QED) is 0.501. The zero-order chi connectivity index (χ0) is 20.0. The Hall–Kier alpha value is -2.13. The van der Waals surface area contributed by atoms with Gasteiger partial charge in [-0.1, -0.05) is 23.7 Å². The summed E-state index contributed by atoms with van der Waals surface area (Å²) in [5.74, 6) is -0.0455. The number of nitrogens with zero attached hydrogens (tertiary/aromatic N) is 1. The van der Waals surface area contributed by atoms with E-state index in [1.807, 2.05) is 0 Å². The van der Waals surface area contributed by atoms with Gasteiger partial charge in [-0.05, 0) is 36.4 Å². The van der Waals surface area contributed by atoms with Crippen molar-refractivity contribution >= 4 is 27.6 Å². The van der Waals surface area contributed by atoms with Gasteiger partial charge >= 0.3 is 5.97 Å². The largest absolute Gasteiger partial charge is 0.490 e. The molecule has 0 amide bonds. The molecule has 2 aromatic carbocycles. The van der Waals surface area contributed by atoms with Crippen molar-refractivity contribution in [2.24, 2.45) is 0 Å². The predicted octanol–water partition coefficient (Wildman–Crippen LogP) is 2.60. The maximum Gasteiger partial charge on any atom is 0.338 e. The number of ether oxygens (including phenoxy) is 3. The van der Waals surface area contributed by atoms with Crippen LogP contribution in [0.5, 0.6) is 5.75 Å². The van der Waals surface area contributed by atoms with E-state index < -0.39 is 16.0 Å². The monoisotopic (exact) mass is 425 g/mol. The second-order valence-corrected chi connectivity index (χ2v) is 8.36. The number of halogens is 1. The van der Waals surface area contributed by atoms with Crippen molar-refractivity contribution in [2.45, 2.75) is 4.90 Å². The van der Waals surface area contributed by atoms with E-state index in [1.54, 1.807) is 24.3 Å². The Balaban J connectivity index is 1.57. The number of sulfonamides is 1. The van der Waals surface area contributed by atoms with Gasteiger partial charge in [0.25, 0.3) is 0 Å². The lowest BCUT2D eigenvalue weighted by Gasteiger charge is -2.26. The third kappa shape index (κ3) is 5.23. The van der Waals surface area contributed by atoms with Gasteiger partial charge in [-0.15, -0.1) is 0 Å². The molecule has 1 aliphatic rings. The first-order valence-electron chi connectivity index (χ1n) is 8.70. The Morgan fingerprint density at radius 2 is 1.82 bits per heavy atom. The zero-order valence-electron chi connectivity index (χ0n) is 15.0. The molecule has 1 saturated heterocycles. The summed E-state index contributed by atoms with van der Waals surface area (Å²) in [5.41, 5.74) is 0.164. The second kappa shape index (κ2) is 9.38. The fourth-order valence-corrected chi connectivity index (χ4v) is 4.29. The Bertz CT molecular complexity index is 928. The number of carbonyl (C=O) groups is 1. The average Bonchev–Trinajstić information content (AvgIpc) is 2.72. The third-order valence-corrected chi connectivity index (χ3v) is 6.19. The Kier molecular flexibility index (Phi) is 6.90. The highest BCUT2D eigenvalue weighted by Gasteiger charge is 2.27. The van der Waals surface area contributed by atoms with Crippen LogP contribution in [-0.2, 0) is 19.5 Å². The molecule has 0 N–H and O–H groups in total. The number of esters is 1.